The smallest absolute Gasteiger partial charge is 0.241 e. The highest BCUT2D eigenvalue weighted by molar-refractivity contribution is 7.90. The Balaban J connectivity index is 1.40. The Bertz CT molecular complexity index is 1380. The van der Waals surface area contributed by atoms with E-state index in [2.05, 4.69) is 15.4 Å². The zero-order valence-corrected chi connectivity index (χ0v) is 18.1. The number of anilines is 1. The molecule has 2 atom stereocenters. The van der Waals surface area contributed by atoms with Crippen LogP contribution >= 0.6 is 0 Å². The molecule has 1 saturated carbocycles. The molecule has 1 aromatic carbocycles. The normalized spacial score (nSPS) is 21.8. The predicted molar refractivity (Wildman–Crippen MR) is 115 cm³/mol. The molecule has 5 rings (SSSR count). The molecule has 0 unspecified atom stereocenters. The van der Waals surface area contributed by atoms with Crippen molar-refractivity contribution in [3.8, 4) is 17.3 Å². The SMILES string of the molecule is N#Cc1ccc(-c2cc(F)c3cnc(N[C@@H]4CCN(S(=O)(=O)C5CC5)C[C@H]4O)nn23)c(F)c1. The van der Waals surface area contributed by atoms with E-state index < -0.39 is 33.8 Å². The molecule has 0 radical (unpaired) electrons. The minimum absolute atomic E-state index is 0.0292. The second kappa shape index (κ2) is 8.02. The third kappa shape index (κ3) is 3.92. The monoisotopic (exact) mass is 474 g/mol. The number of sulfonamides is 1. The van der Waals surface area contributed by atoms with E-state index in [-0.39, 0.29) is 46.6 Å². The van der Waals surface area contributed by atoms with E-state index in [0.717, 1.165) is 12.1 Å². The van der Waals surface area contributed by atoms with Gasteiger partial charge in [0.15, 0.2) is 5.82 Å². The van der Waals surface area contributed by atoms with E-state index in [1.54, 1.807) is 0 Å². The first-order valence-corrected chi connectivity index (χ1v) is 12.0. The molecule has 3 heterocycles. The van der Waals surface area contributed by atoms with Crippen molar-refractivity contribution in [3.05, 3.63) is 47.7 Å². The minimum Gasteiger partial charge on any atom is -0.390 e. The molecular weight excluding hydrogens is 454 g/mol. The first kappa shape index (κ1) is 21.7. The minimum atomic E-state index is -3.38. The second-order valence-corrected chi connectivity index (χ2v) is 10.5. The number of nitrogens with one attached hydrogen (secondary N) is 1. The lowest BCUT2D eigenvalue weighted by Crippen LogP contribution is -2.52. The van der Waals surface area contributed by atoms with Crippen molar-refractivity contribution in [3.63, 3.8) is 0 Å². The highest BCUT2D eigenvalue weighted by atomic mass is 32.2. The van der Waals surface area contributed by atoms with Gasteiger partial charge in [0.1, 0.15) is 11.3 Å². The van der Waals surface area contributed by atoms with Crippen molar-refractivity contribution in [1.29, 1.82) is 5.26 Å². The molecule has 1 aliphatic heterocycles. The number of aromatic nitrogens is 3. The number of piperidine rings is 1. The van der Waals surface area contributed by atoms with Gasteiger partial charge in [0.2, 0.25) is 16.0 Å². The van der Waals surface area contributed by atoms with Gasteiger partial charge < -0.3 is 10.4 Å². The average molecular weight is 474 g/mol. The van der Waals surface area contributed by atoms with E-state index in [0.29, 0.717) is 19.3 Å². The zero-order valence-electron chi connectivity index (χ0n) is 17.3. The van der Waals surface area contributed by atoms with E-state index in [4.69, 9.17) is 5.26 Å². The maximum Gasteiger partial charge on any atom is 0.241 e. The summed E-state index contributed by atoms with van der Waals surface area (Å²) in [7, 11) is -3.38. The summed E-state index contributed by atoms with van der Waals surface area (Å²) in [6.07, 6.45) is 1.91. The van der Waals surface area contributed by atoms with Gasteiger partial charge in [-0.2, -0.15) is 9.57 Å². The Morgan fingerprint density at radius 3 is 2.64 bits per heavy atom. The Kier molecular flexibility index (Phi) is 5.27. The number of fused-ring (bicyclic) bond motifs is 1. The summed E-state index contributed by atoms with van der Waals surface area (Å²) in [5.74, 6) is -1.25. The van der Waals surface area contributed by atoms with E-state index in [1.165, 1.54) is 27.2 Å². The van der Waals surface area contributed by atoms with Gasteiger partial charge in [-0.05, 0) is 37.5 Å². The highest BCUT2D eigenvalue weighted by Crippen LogP contribution is 2.33. The molecule has 172 valence electrons. The van der Waals surface area contributed by atoms with Crippen molar-refractivity contribution < 1.29 is 22.3 Å². The maximum absolute atomic E-state index is 14.5. The Hall–Kier alpha value is -3.14. The number of benzene rings is 1. The first-order chi connectivity index (χ1) is 15.8. The van der Waals surface area contributed by atoms with Crippen LogP contribution in [0.15, 0.2) is 30.5 Å². The molecule has 9 nitrogen and oxygen atoms in total. The van der Waals surface area contributed by atoms with Crippen LogP contribution in [-0.2, 0) is 10.0 Å². The van der Waals surface area contributed by atoms with Crippen molar-refractivity contribution in [2.24, 2.45) is 0 Å². The molecule has 2 aromatic heterocycles. The number of nitrogens with zero attached hydrogens (tertiary/aromatic N) is 5. The van der Waals surface area contributed by atoms with Crippen molar-refractivity contribution in [1.82, 2.24) is 18.9 Å². The van der Waals surface area contributed by atoms with Crippen LogP contribution in [-0.4, -0.2) is 62.9 Å². The van der Waals surface area contributed by atoms with Crippen LogP contribution < -0.4 is 5.32 Å². The fourth-order valence-corrected chi connectivity index (χ4v) is 5.92. The maximum atomic E-state index is 14.5. The molecule has 1 saturated heterocycles. The van der Waals surface area contributed by atoms with Crippen LogP contribution in [0.2, 0.25) is 0 Å². The first-order valence-electron chi connectivity index (χ1n) is 10.5. The van der Waals surface area contributed by atoms with Gasteiger partial charge in [-0.3, -0.25) is 0 Å². The zero-order chi connectivity index (χ0) is 23.3. The lowest BCUT2D eigenvalue weighted by atomic mass is 10.0. The molecule has 0 amide bonds. The Morgan fingerprint density at radius 2 is 1.97 bits per heavy atom. The van der Waals surface area contributed by atoms with Gasteiger partial charge in [-0.25, -0.2) is 26.7 Å². The number of nitriles is 1. The largest absolute Gasteiger partial charge is 0.390 e. The standard InChI is InChI=1S/C21H20F2N6O3S/c22-15-7-12(9-24)1-4-14(15)18-8-16(23)19-10-25-21(27-29(18)19)26-17-5-6-28(11-20(17)30)33(31,32)13-2-3-13/h1,4,7-8,10,13,17,20,30H,2-3,5-6,11H2,(H,26,27)/t17-,20-/m1/s1. The van der Waals surface area contributed by atoms with E-state index >= 15 is 0 Å². The molecule has 33 heavy (non-hydrogen) atoms. The van der Waals surface area contributed by atoms with Crippen LogP contribution in [0.5, 0.6) is 0 Å². The summed E-state index contributed by atoms with van der Waals surface area (Å²) >= 11 is 0. The lowest BCUT2D eigenvalue weighted by Gasteiger charge is -2.35. The molecule has 2 N–H and O–H groups in total. The predicted octanol–water partition coefficient (Wildman–Crippen LogP) is 1.89. The van der Waals surface area contributed by atoms with Gasteiger partial charge in [-0.1, -0.05) is 0 Å². The Morgan fingerprint density at radius 1 is 1.18 bits per heavy atom. The number of hydrogen-bond donors (Lipinski definition) is 2. The third-order valence-electron chi connectivity index (χ3n) is 6.01. The van der Waals surface area contributed by atoms with Gasteiger partial charge in [0.05, 0.1) is 40.9 Å². The number of β-amino-alcohol motifs (C(OH)–C–C–N with tert-alkyl or cyclic N) is 1. The molecule has 12 heteroatoms. The van der Waals surface area contributed by atoms with Gasteiger partial charge in [-0.15, -0.1) is 5.10 Å². The van der Waals surface area contributed by atoms with Crippen LogP contribution in [0, 0.1) is 23.0 Å². The van der Waals surface area contributed by atoms with Gasteiger partial charge >= 0.3 is 0 Å². The van der Waals surface area contributed by atoms with Crippen LogP contribution in [0.4, 0.5) is 14.7 Å². The highest BCUT2D eigenvalue weighted by Gasteiger charge is 2.43. The summed E-state index contributed by atoms with van der Waals surface area (Å²) in [5.41, 5.74) is 0.376. The molecule has 3 aromatic rings. The summed E-state index contributed by atoms with van der Waals surface area (Å²) < 4.78 is 56.4. The molecule has 0 spiro atoms. The lowest BCUT2D eigenvalue weighted by molar-refractivity contribution is 0.0946. The number of hydrogen-bond acceptors (Lipinski definition) is 7. The number of rotatable bonds is 5. The van der Waals surface area contributed by atoms with Crippen molar-refractivity contribution >= 4 is 21.5 Å². The number of aliphatic hydroxyl groups is 1. The van der Waals surface area contributed by atoms with Crippen LogP contribution in [0.25, 0.3) is 16.8 Å². The summed E-state index contributed by atoms with van der Waals surface area (Å²) in [6, 6.07) is 6.34. The molecular formula is C21H20F2N6O3S. The summed E-state index contributed by atoms with van der Waals surface area (Å²) in [5, 5.41) is 26.4. The second-order valence-electron chi connectivity index (χ2n) is 8.27. The molecule has 2 aliphatic rings. The average Bonchev–Trinajstić information content (AvgIpc) is 3.60. The molecule has 0 bridgehead atoms. The molecule has 1 aliphatic carbocycles. The third-order valence-corrected chi connectivity index (χ3v) is 8.37. The summed E-state index contributed by atoms with van der Waals surface area (Å²) in [6.45, 7) is 0.230. The summed E-state index contributed by atoms with van der Waals surface area (Å²) in [4.78, 5) is 4.10. The fourth-order valence-electron chi connectivity index (χ4n) is 4.05. The topological polar surface area (TPSA) is 124 Å². The fraction of sp³-hybridized carbons (Fsp3) is 0.381. The Labute approximate surface area is 188 Å². The van der Waals surface area contributed by atoms with Crippen LogP contribution in [0.3, 0.4) is 0 Å². The van der Waals surface area contributed by atoms with Crippen LogP contribution in [0.1, 0.15) is 24.8 Å². The van der Waals surface area contributed by atoms with Crippen molar-refractivity contribution in [2.75, 3.05) is 18.4 Å². The van der Waals surface area contributed by atoms with Crippen molar-refractivity contribution in [2.45, 2.75) is 36.7 Å². The number of halogens is 2. The van der Waals surface area contributed by atoms with Gasteiger partial charge in [0, 0.05) is 24.7 Å². The molecule has 2 fully saturated rings. The van der Waals surface area contributed by atoms with E-state index in [9.17, 15) is 22.3 Å². The quantitative estimate of drug-likeness (QED) is 0.579. The van der Waals surface area contributed by atoms with E-state index in [1.807, 2.05) is 6.07 Å². The van der Waals surface area contributed by atoms with Gasteiger partial charge in [0.25, 0.3) is 0 Å². The number of aliphatic hydroxyl groups excluding tert-OH is 1.